The number of rotatable bonds is 4. The molecule has 4 heteroatoms. The third-order valence-electron chi connectivity index (χ3n) is 3.91. The van der Waals surface area contributed by atoms with Crippen LogP contribution in [0.3, 0.4) is 0 Å². The zero-order valence-electron chi connectivity index (χ0n) is 13.2. The molecule has 0 aromatic heterocycles. The predicted molar refractivity (Wildman–Crippen MR) is 81.9 cm³/mol. The molecule has 116 valence electrons. The zero-order chi connectivity index (χ0) is 14.8. The van der Waals surface area contributed by atoms with Crippen molar-refractivity contribution in [3.8, 4) is 0 Å². The van der Waals surface area contributed by atoms with Crippen LogP contribution < -0.4 is 0 Å². The highest BCUT2D eigenvalue weighted by molar-refractivity contribution is 5.79. The van der Waals surface area contributed by atoms with Gasteiger partial charge in [-0.3, -0.25) is 9.59 Å². The van der Waals surface area contributed by atoms with Crippen molar-refractivity contribution in [1.82, 2.24) is 9.80 Å². The molecule has 0 amide bonds. The Morgan fingerprint density at radius 2 is 1.00 bits per heavy atom. The number of piperidine rings is 2. The minimum Gasteiger partial charge on any atom is -0.302 e. The Morgan fingerprint density at radius 1 is 0.700 bits per heavy atom. The van der Waals surface area contributed by atoms with Gasteiger partial charge in [-0.25, -0.2) is 0 Å². The van der Waals surface area contributed by atoms with Crippen molar-refractivity contribution in [2.45, 2.75) is 52.4 Å². The standard InChI is InChI=1S/2C8H15NO/c2*1-2-5-9-6-3-8(10)4-7-9/h2*2-7H2,1H3. The van der Waals surface area contributed by atoms with E-state index in [1.807, 2.05) is 0 Å². The van der Waals surface area contributed by atoms with Crippen molar-refractivity contribution in [1.29, 1.82) is 0 Å². The number of hydrogen-bond donors (Lipinski definition) is 0. The van der Waals surface area contributed by atoms with Gasteiger partial charge in [-0.1, -0.05) is 13.8 Å². The van der Waals surface area contributed by atoms with E-state index in [1.165, 1.54) is 12.8 Å². The van der Waals surface area contributed by atoms with Gasteiger partial charge in [-0.05, 0) is 25.9 Å². The maximum absolute atomic E-state index is 10.8. The van der Waals surface area contributed by atoms with Crippen LogP contribution in [0.25, 0.3) is 0 Å². The van der Waals surface area contributed by atoms with Crippen molar-refractivity contribution < 1.29 is 9.59 Å². The van der Waals surface area contributed by atoms with Crippen LogP contribution in [0.5, 0.6) is 0 Å². The number of ketones is 2. The van der Waals surface area contributed by atoms with Gasteiger partial charge >= 0.3 is 0 Å². The number of nitrogens with zero attached hydrogens (tertiary/aromatic N) is 2. The molecule has 0 aliphatic carbocycles. The monoisotopic (exact) mass is 282 g/mol. The van der Waals surface area contributed by atoms with E-state index in [0.717, 1.165) is 65.0 Å². The Hall–Kier alpha value is -0.740. The zero-order valence-corrected chi connectivity index (χ0v) is 13.2. The van der Waals surface area contributed by atoms with Crippen LogP contribution in [0.2, 0.25) is 0 Å². The highest BCUT2D eigenvalue weighted by Crippen LogP contribution is 2.05. The van der Waals surface area contributed by atoms with Gasteiger partial charge in [-0.2, -0.15) is 0 Å². The van der Waals surface area contributed by atoms with E-state index >= 15 is 0 Å². The first kappa shape index (κ1) is 17.3. The summed E-state index contributed by atoms with van der Waals surface area (Å²) in [7, 11) is 0. The molecular formula is C16H30N2O2. The lowest BCUT2D eigenvalue weighted by atomic mass is 10.1. The van der Waals surface area contributed by atoms with Crippen molar-refractivity contribution >= 4 is 11.6 Å². The average molecular weight is 282 g/mol. The molecule has 2 rings (SSSR count). The normalized spacial score (nSPS) is 21.5. The van der Waals surface area contributed by atoms with E-state index in [4.69, 9.17) is 0 Å². The van der Waals surface area contributed by atoms with Gasteiger partial charge in [0.1, 0.15) is 11.6 Å². The Morgan fingerprint density at radius 3 is 1.25 bits per heavy atom. The van der Waals surface area contributed by atoms with E-state index in [9.17, 15) is 9.59 Å². The number of likely N-dealkylation sites (tertiary alicyclic amines) is 2. The molecule has 0 unspecified atom stereocenters. The summed E-state index contributed by atoms with van der Waals surface area (Å²) < 4.78 is 0. The molecule has 0 saturated carbocycles. The highest BCUT2D eigenvalue weighted by Gasteiger charge is 2.14. The molecule has 0 N–H and O–H groups in total. The highest BCUT2D eigenvalue weighted by atomic mass is 16.1. The number of carbonyl (C=O) groups is 2. The first-order valence-electron chi connectivity index (χ1n) is 8.13. The van der Waals surface area contributed by atoms with Crippen LogP contribution >= 0.6 is 0 Å². The largest absolute Gasteiger partial charge is 0.302 e. The molecule has 0 aromatic rings. The van der Waals surface area contributed by atoms with E-state index in [-0.39, 0.29) is 0 Å². The third kappa shape index (κ3) is 7.15. The summed E-state index contributed by atoms with van der Waals surface area (Å²) >= 11 is 0. The Bertz CT molecular complexity index is 255. The molecule has 0 spiro atoms. The van der Waals surface area contributed by atoms with Crippen LogP contribution in [0.1, 0.15) is 52.4 Å². The van der Waals surface area contributed by atoms with Crippen LogP contribution in [0.4, 0.5) is 0 Å². The summed E-state index contributed by atoms with van der Waals surface area (Å²) in [5.41, 5.74) is 0. The van der Waals surface area contributed by atoms with Gasteiger partial charge in [0.15, 0.2) is 0 Å². The molecule has 20 heavy (non-hydrogen) atoms. The fourth-order valence-electron chi connectivity index (χ4n) is 2.68. The van der Waals surface area contributed by atoms with E-state index in [0.29, 0.717) is 11.6 Å². The minimum atomic E-state index is 0.437. The second kappa shape index (κ2) is 10.1. The lowest BCUT2D eigenvalue weighted by molar-refractivity contribution is -0.122. The maximum atomic E-state index is 10.8. The Kier molecular flexibility index (Phi) is 8.70. The molecule has 2 saturated heterocycles. The molecular weight excluding hydrogens is 252 g/mol. The minimum absolute atomic E-state index is 0.437. The quantitative estimate of drug-likeness (QED) is 0.792. The summed E-state index contributed by atoms with van der Waals surface area (Å²) in [5, 5.41) is 0. The first-order chi connectivity index (χ1) is 9.65. The van der Waals surface area contributed by atoms with Gasteiger partial charge in [0, 0.05) is 51.9 Å². The van der Waals surface area contributed by atoms with Crippen molar-refractivity contribution in [3.63, 3.8) is 0 Å². The smallest absolute Gasteiger partial charge is 0.135 e. The predicted octanol–water partition coefficient (Wildman–Crippen LogP) is 2.12. The summed E-state index contributed by atoms with van der Waals surface area (Å²) in [6, 6.07) is 0. The maximum Gasteiger partial charge on any atom is 0.135 e. The van der Waals surface area contributed by atoms with Gasteiger partial charge in [0.05, 0.1) is 0 Å². The molecule has 2 fully saturated rings. The van der Waals surface area contributed by atoms with Gasteiger partial charge in [-0.15, -0.1) is 0 Å². The molecule has 2 aliphatic rings. The van der Waals surface area contributed by atoms with Crippen LogP contribution in [0, 0.1) is 0 Å². The number of hydrogen-bond acceptors (Lipinski definition) is 4. The van der Waals surface area contributed by atoms with Gasteiger partial charge in [0.2, 0.25) is 0 Å². The molecule has 2 heterocycles. The van der Waals surface area contributed by atoms with Gasteiger partial charge < -0.3 is 9.80 Å². The summed E-state index contributed by atoms with van der Waals surface area (Å²) in [6.45, 7) is 10.6. The van der Waals surface area contributed by atoms with Crippen molar-refractivity contribution in [2.75, 3.05) is 39.3 Å². The van der Waals surface area contributed by atoms with E-state index in [1.54, 1.807) is 0 Å². The van der Waals surface area contributed by atoms with Crippen molar-refractivity contribution in [2.24, 2.45) is 0 Å². The Balaban J connectivity index is 0.000000200. The lowest BCUT2D eigenvalue weighted by Crippen LogP contribution is -2.34. The second-order valence-corrected chi connectivity index (χ2v) is 5.76. The summed E-state index contributed by atoms with van der Waals surface area (Å²) in [6.07, 6.45) is 5.52. The molecule has 4 nitrogen and oxygen atoms in total. The first-order valence-corrected chi connectivity index (χ1v) is 8.13. The lowest BCUT2D eigenvalue weighted by Gasteiger charge is -2.24. The van der Waals surface area contributed by atoms with Crippen LogP contribution in [-0.2, 0) is 9.59 Å². The molecule has 0 bridgehead atoms. The SMILES string of the molecule is CCCN1CCC(=O)CC1.CCCN1CCC(=O)CC1. The van der Waals surface area contributed by atoms with E-state index < -0.39 is 0 Å². The molecule has 0 radical (unpaired) electrons. The fourth-order valence-corrected chi connectivity index (χ4v) is 2.68. The third-order valence-corrected chi connectivity index (χ3v) is 3.91. The van der Waals surface area contributed by atoms with Crippen LogP contribution in [0.15, 0.2) is 0 Å². The second-order valence-electron chi connectivity index (χ2n) is 5.76. The molecule has 0 aromatic carbocycles. The van der Waals surface area contributed by atoms with Crippen molar-refractivity contribution in [3.05, 3.63) is 0 Å². The summed E-state index contributed by atoms with van der Waals surface area (Å²) in [4.78, 5) is 26.3. The summed E-state index contributed by atoms with van der Waals surface area (Å²) in [5.74, 6) is 0.875. The topological polar surface area (TPSA) is 40.6 Å². The Labute approximate surface area is 123 Å². The molecule has 0 atom stereocenters. The van der Waals surface area contributed by atoms with Crippen LogP contribution in [-0.4, -0.2) is 60.6 Å². The molecule has 2 aliphatic heterocycles. The fraction of sp³-hybridized carbons (Fsp3) is 0.875. The number of carbonyl (C=O) groups excluding carboxylic acids is 2. The van der Waals surface area contributed by atoms with E-state index in [2.05, 4.69) is 23.6 Å². The van der Waals surface area contributed by atoms with Gasteiger partial charge in [0.25, 0.3) is 0 Å². The average Bonchev–Trinajstić information content (AvgIpc) is 2.45. The number of Topliss-reactive ketones (excluding diaryl/α,β-unsaturated/α-hetero) is 2.